The van der Waals surface area contributed by atoms with Crippen molar-refractivity contribution in [1.29, 1.82) is 0 Å². The largest absolute Gasteiger partial charge is 0.508 e. The molecule has 0 aliphatic heterocycles. The second kappa shape index (κ2) is 4.97. The Morgan fingerprint density at radius 3 is 2.75 bits per heavy atom. The number of hydrogen-bond donors (Lipinski definition) is 3. The Balaban J connectivity index is 2.17. The third-order valence-corrected chi connectivity index (χ3v) is 3.77. The second-order valence-corrected chi connectivity index (χ2v) is 5.09. The highest BCUT2D eigenvalue weighted by Gasteiger charge is 2.17. The minimum Gasteiger partial charge on any atom is -0.508 e. The number of benzene rings is 1. The van der Waals surface area contributed by atoms with Crippen molar-refractivity contribution in [2.24, 2.45) is 0 Å². The summed E-state index contributed by atoms with van der Waals surface area (Å²) >= 11 is 1.50. The fourth-order valence-electron chi connectivity index (χ4n) is 2.13. The zero-order valence-corrected chi connectivity index (χ0v) is 11.6. The lowest BCUT2D eigenvalue weighted by Crippen LogP contribution is -1.88. The van der Waals surface area contributed by atoms with Gasteiger partial charge in [0, 0.05) is 28.8 Å². The maximum atomic E-state index is 10.1. The first kappa shape index (κ1) is 12.7. The Morgan fingerprint density at radius 1 is 1.20 bits per heavy atom. The van der Waals surface area contributed by atoms with Gasteiger partial charge in [0.05, 0.1) is 11.2 Å². The van der Waals surface area contributed by atoms with Gasteiger partial charge in [-0.15, -0.1) is 11.3 Å². The molecule has 3 rings (SSSR count). The molecule has 102 valence electrons. The monoisotopic (exact) mass is 287 g/mol. The molecule has 0 aliphatic carbocycles. The summed E-state index contributed by atoms with van der Waals surface area (Å²) in [4.78, 5) is 4.26. The number of rotatable bonds is 3. The number of aromatic amines is 1. The van der Waals surface area contributed by atoms with Crippen LogP contribution >= 0.6 is 11.3 Å². The number of hydrogen-bond acceptors (Lipinski definition) is 5. The van der Waals surface area contributed by atoms with E-state index in [1.54, 1.807) is 17.8 Å². The average molecular weight is 287 g/mol. The van der Waals surface area contributed by atoms with Gasteiger partial charge in [-0.05, 0) is 18.1 Å². The van der Waals surface area contributed by atoms with Gasteiger partial charge in [0.2, 0.25) is 0 Å². The van der Waals surface area contributed by atoms with Crippen LogP contribution in [0.2, 0.25) is 0 Å². The number of nitrogens with one attached hydrogen (secondary N) is 1. The SMILES string of the molecule is CCc1cc(-c2n[nH]cc2-c2cscn2)c(O)cc1O. The quantitative estimate of drug-likeness (QED) is 0.691. The van der Waals surface area contributed by atoms with E-state index in [0.29, 0.717) is 17.7 Å². The molecule has 3 aromatic rings. The van der Waals surface area contributed by atoms with E-state index in [0.717, 1.165) is 16.8 Å². The first-order chi connectivity index (χ1) is 9.70. The molecule has 2 aromatic heterocycles. The number of aryl methyl sites for hydroxylation is 1. The van der Waals surface area contributed by atoms with Crippen LogP contribution in [0.1, 0.15) is 12.5 Å². The van der Waals surface area contributed by atoms with E-state index >= 15 is 0 Å². The molecule has 6 heteroatoms. The van der Waals surface area contributed by atoms with Gasteiger partial charge in [0.15, 0.2) is 0 Å². The van der Waals surface area contributed by atoms with Crippen molar-refractivity contribution in [3.63, 3.8) is 0 Å². The van der Waals surface area contributed by atoms with Gasteiger partial charge in [0.25, 0.3) is 0 Å². The van der Waals surface area contributed by atoms with Crippen molar-refractivity contribution in [1.82, 2.24) is 15.2 Å². The van der Waals surface area contributed by atoms with Gasteiger partial charge in [-0.1, -0.05) is 6.92 Å². The molecule has 20 heavy (non-hydrogen) atoms. The Labute approximate surface area is 119 Å². The van der Waals surface area contributed by atoms with Crippen LogP contribution in [0.3, 0.4) is 0 Å². The lowest BCUT2D eigenvalue weighted by Gasteiger charge is -2.08. The lowest BCUT2D eigenvalue weighted by molar-refractivity contribution is 0.447. The number of aromatic hydroxyl groups is 2. The third kappa shape index (κ3) is 2.04. The van der Waals surface area contributed by atoms with Crippen molar-refractivity contribution in [2.75, 3.05) is 0 Å². The maximum Gasteiger partial charge on any atom is 0.128 e. The molecule has 0 spiro atoms. The van der Waals surface area contributed by atoms with E-state index in [-0.39, 0.29) is 11.5 Å². The van der Waals surface area contributed by atoms with E-state index in [1.165, 1.54) is 17.4 Å². The Hall–Kier alpha value is -2.34. The summed E-state index contributed by atoms with van der Waals surface area (Å²) in [6.45, 7) is 1.95. The van der Waals surface area contributed by atoms with Crippen LogP contribution in [0, 0.1) is 0 Å². The van der Waals surface area contributed by atoms with Gasteiger partial charge in [-0.2, -0.15) is 5.10 Å². The molecule has 0 atom stereocenters. The fraction of sp³-hybridized carbons (Fsp3) is 0.143. The van der Waals surface area contributed by atoms with Crippen molar-refractivity contribution in [3.8, 4) is 34.0 Å². The van der Waals surface area contributed by atoms with Crippen LogP contribution in [-0.2, 0) is 6.42 Å². The molecule has 0 amide bonds. The molecule has 0 fully saturated rings. The minimum absolute atomic E-state index is 0.00304. The van der Waals surface area contributed by atoms with Gasteiger partial charge >= 0.3 is 0 Å². The first-order valence-electron chi connectivity index (χ1n) is 6.18. The van der Waals surface area contributed by atoms with Crippen LogP contribution in [0.4, 0.5) is 0 Å². The summed E-state index contributed by atoms with van der Waals surface area (Å²) in [5, 5.41) is 28.8. The average Bonchev–Trinajstić information content (AvgIpc) is 3.09. The molecule has 0 bridgehead atoms. The van der Waals surface area contributed by atoms with E-state index in [9.17, 15) is 10.2 Å². The van der Waals surface area contributed by atoms with Crippen molar-refractivity contribution < 1.29 is 10.2 Å². The Kier molecular flexibility index (Phi) is 3.15. The molecule has 0 saturated heterocycles. The predicted molar refractivity (Wildman–Crippen MR) is 77.8 cm³/mol. The first-order valence-corrected chi connectivity index (χ1v) is 7.12. The molecule has 5 nitrogen and oxygen atoms in total. The van der Waals surface area contributed by atoms with Crippen LogP contribution in [0.25, 0.3) is 22.5 Å². The minimum atomic E-state index is 0.00304. The number of H-pyrrole nitrogens is 1. The number of thiazole rings is 1. The Morgan fingerprint density at radius 2 is 2.05 bits per heavy atom. The van der Waals surface area contributed by atoms with Crippen LogP contribution < -0.4 is 0 Å². The van der Waals surface area contributed by atoms with Gasteiger partial charge in [-0.25, -0.2) is 4.98 Å². The number of nitrogens with zero attached hydrogens (tertiary/aromatic N) is 2. The summed E-state index contributed by atoms with van der Waals surface area (Å²) in [6.07, 6.45) is 2.43. The molecule has 0 aliphatic rings. The van der Waals surface area contributed by atoms with Crippen LogP contribution in [0.15, 0.2) is 29.2 Å². The summed E-state index contributed by atoms with van der Waals surface area (Å²) < 4.78 is 0. The van der Waals surface area contributed by atoms with E-state index in [4.69, 9.17) is 0 Å². The molecular formula is C14H13N3O2S. The molecular weight excluding hydrogens is 274 g/mol. The Bertz CT molecular complexity index is 735. The molecule has 0 saturated carbocycles. The maximum absolute atomic E-state index is 10.1. The van der Waals surface area contributed by atoms with Gasteiger partial charge in [0.1, 0.15) is 17.2 Å². The van der Waals surface area contributed by atoms with Crippen molar-refractivity contribution >= 4 is 11.3 Å². The van der Waals surface area contributed by atoms with E-state index < -0.39 is 0 Å². The van der Waals surface area contributed by atoms with Crippen molar-refractivity contribution in [3.05, 3.63) is 34.8 Å². The standard InChI is InChI=1S/C14H13N3O2S/c1-2-8-3-9(13(19)4-12(8)18)14-10(5-16-17-14)11-6-20-7-15-11/h3-7,18-19H,2H2,1H3,(H,16,17). The molecule has 2 heterocycles. The van der Waals surface area contributed by atoms with Gasteiger partial charge < -0.3 is 10.2 Å². The summed E-state index contributed by atoms with van der Waals surface area (Å²) in [6, 6.07) is 3.12. The smallest absolute Gasteiger partial charge is 0.128 e. The molecule has 3 N–H and O–H groups in total. The topological polar surface area (TPSA) is 82.0 Å². The normalized spacial score (nSPS) is 10.8. The summed E-state index contributed by atoms with van der Waals surface area (Å²) in [5.41, 5.74) is 5.37. The molecule has 0 unspecified atom stereocenters. The third-order valence-electron chi connectivity index (χ3n) is 3.18. The highest BCUT2D eigenvalue weighted by Crippen LogP contribution is 2.38. The summed E-state index contributed by atoms with van der Waals surface area (Å²) in [7, 11) is 0. The zero-order valence-electron chi connectivity index (χ0n) is 10.8. The zero-order chi connectivity index (χ0) is 14.1. The predicted octanol–water partition coefficient (Wildman–Crippen LogP) is 3.17. The van der Waals surface area contributed by atoms with E-state index in [2.05, 4.69) is 15.2 Å². The van der Waals surface area contributed by atoms with Gasteiger partial charge in [-0.3, -0.25) is 5.10 Å². The highest BCUT2D eigenvalue weighted by molar-refractivity contribution is 7.07. The number of phenols is 2. The van der Waals surface area contributed by atoms with Crippen molar-refractivity contribution in [2.45, 2.75) is 13.3 Å². The molecule has 1 aromatic carbocycles. The molecule has 0 radical (unpaired) electrons. The van der Waals surface area contributed by atoms with E-state index in [1.807, 2.05) is 12.3 Å². The lowest BCUT2D eigenvalue weighted by atomic mass is 10.0. The van der Waals surface area contributed by atoms with Crippen LogP contribution in [0.5, 0.6) is 11.5 Å². The summed E-state index contributed by atoms with van der Waals surface area (Å²) in [5.74, 6) is 0.0998. The second-order valence-electron chi connectivity index (χ2n) is 4.37. The van der Waals surface area contributed by atoms with Crippen LogP contribution in [-0.4, -0.2) is 25.4 Å². The fourth-order valence-corrected chi connectivity index (χ4v) is 2.68. The number of phenolic OH excluding ortho intramolecular Hbond substituents is 2. The number of aromatic nitrogens is 3. The highest BCUT2D eigenvalue weighted by atomic mass is 32.1.